The molecule has 6 rings (SSSR count). The molecule has 2 aliphatic carbocycles. The predicted molar refractivity (Wildman–Crippen MR) is 145 cm³/mol. The lowest BCUT2D eigenvalue weighted by molar-refractivity contribution is 0.101. The predicted octanol–water partition coefficient (Wildman–Crippen LogP) is 4.96. The summed E-state index contributed by atoms with van der Waals surface area (Å²) < 4.78 is 0. The molecule has 1 N–H and O–H groups in total. The van der Waals surface area contributed by atoms with E-state index in [0.717, 1.165) is 71.2 Å². The molecule has 1 aromatic heterocycles. The third-order valence-corrected chi connectivity index (χ3v) is 8.63. The molecule has 3 aromatic rings. The number of aliphatic imine (C=N–C) groups is 1. The zero-order chi connectivity index (χ0) is 25.2. The highest BCUT2D eigenvalue weighted by Crippen LogP contribution is 2.46. The molecule has 2 fully saturated rings. The minimum atomic E-state index is -0.408. The van der Waals surface area contributed by atoms with E-state index >= 15 is 0 Å². The quantitative estimate of drug-likeness (QED) is 0.421. The number of rotatable bonds is 4. The number of carbonyl (C=O) groups excluding carboxylic acids is 2. The minimum Gasteiger partial charge on any atom is -0.368 e. The molecule has 1 saturated carbocycles. The Morgan fingerprint density at radius 2 is 1.86 bits per heavy atom. The van der Waals surface area contributed by atoms with Crippen molar-refractivity contribution >= 4 is 34.4 Å². The van der Waals surface area contributed by atoms with Crippen LogP contribution in [-0.2, 0) is 5.41 Å². The van der Waals surface area contributed by atoms with E-state index in [1.165, 1.54) is 19.3 Å². The van der Waals surface area contributed by atoms with Crippen molar-refractivity contribution in [1.82, 2.24) is 9.88 Å². The lowest BCUT2D eigenvalue weighted by Crippen LogP contribution is -2.52. The summed E-state index contributed by atoms with van der Waals surface area (Å²) in [5, 5.41) is 0.919. The van der Waals surface area contributed by atoms with Crippen molar-refractivity contribution in [2.45, 2.75) is 51.5 Å². The molecular formula is C30H34N4O2. The Balaban J connectivity index is 1.44. The van der Waals surface area contributed by atoms with E-state index in [1.54, 1.807) is 14.0 Å². The fourth-order valence-corrected chi connectivity index (χ4v) is 6.34. The molecule has 2 heterocycles. The molecule has 0 unspecified atom stereocenters. The average Bonchev–Trinajstić information content (AvgIpc) is 3.22. The molecule has 0 radical (unpaired) electrons. The Kier molecular flexibility index (Phi) is 5.41. The number of nitrogens with zero attached hydrogens (tertiary/aromatic N) is 3. The summed E-state index contributed by atoms with van der Waals surface area (Å²) in [6, 6.07) is 10.8. The van der Waals surface area contributed by atoms with Crippen LogP contribution in [0.4, 0.5) is 5.69 Å². The Bertz CT molecular complexity index is 1420. The molecule has 0 amide bonds. The van der Waals surface area contributed by atoms with Gasteiger partial charge in [-0.15, -0.1) is 0 Å². The summed E-state index contributed by atoms with van der Waals surface area (Å²) in [5.41, 5.74) is 6.44. The fourth-order valence-electron chi connectivity index (χ4n) is 6.34. The number of nitrogens with one attached hydrogen (secondary N) is 1. The van der Waals surface area contributed by atoms with Gasteiger partial charge in [-0.05, 0) is 49.1 Å². The molecule has 6 heteroatoms. The SMILES string of the molecule is C/N=C\c1ccc2c3c([nH]c2c1)C(C)(C)c1cc(N2CCN(C4CCC4)CC2)c(C(C)=O)cc1C3=O. The Labute approximate surface area is 212 Å². The molecule has 2 aromatic carbocycles. The van der Waals surface area contributed by atoms with Crippen LogP contribution in [0.1, 0.15) is 83.1 Å². The van der Waals surface area contributed by atoms with E-state index in [4.69, 9.17) is 0 Å². The molecule has 3 aliphatic rings. The number of ketones is 2. The summed E-state index contributed by atoms with van der Waals surface area (Å²) in [5.74, 6) is -0.000571. The third-order valence-electron chi connectivity index (χ3n) is 8.63. The van der Waals surface area contributed by atoms with Gasteiger partial charge in [-0.2, -0.15) is 0 Å². The van der Waals surface area contributed by atoms with Crippen molar-refractivity contribution in [3.63, 3.8) is 0 Å². The van der Waals surface area contributed by atoms with Crippen molar-refractivity contribution in [3.8, 4) is 0 Å². The van der Waals surface area contributed by atoms with Gasteiger partial charge >= 0.3 is 0 Å². The fraction of sp³-hybridized carbons (Fsp3) is 0.433. The maximum absolute atomic E-state index is 13.9. The number of hydrogen-bond donors (Lipinski definition) is 1. The van der Waals surface area contributed by atoms with E-state index in [1.807, 2.05) is 30.5 Å². The zero-order valence-corrected chi connectivity index (χ0v) is 21.6. The van der Waals surface area contributed by atoms with E-state index in [9.17, 15) is 9.59 Å². The lowest BCUT2D eigenvalue weighted by atomic mass is 9.70. The molecule has 36 heavy (non-hydrogen) atoms. The summed E-state index contributed by atoms with van der Waals surface area (Å²) >= 11 is 0. The number of carbonyl (C=O) groups is 2. The smallest absolute Gasteiger partial charge is 0.195 e. The van der Waals surface area contributed by atoms with E-state index in [0.29, 0.717) is 11.1 Å². The van der Waals surface area contributed by atoms with Crippen LogP contribution >= 0.6 is 0 Å². The maximum atomic E-state index is 13.9. The van der Waals surface area contributed by atoms with Crippen molar-refractivity contribution < 1.29 is 9.59 Å². The van der Waals surface area contributed by atoms with E-state index in [-0.39, 0.29) is 11.6 Å². The first-order valence-electron chi connectivity index (χ1n) is 13.1. The topological polar surface area (TPSA) is 68.8 Å². The first-order valence-corrected chi connectivity index (χ1v) is 13.1. The second kappa shape index (κ2) is 8.41. The zero-order valence-electron chi connectivity index (χ0n) is 21.6. The Hall–Kier alpha value is -3.25. The largest absolute Gasteiger partial charge is 0.368 e. The summed E-state index contributed by atoms with van der Waals surface area (Å²) in [6.45, 7) is 9.82. The number of anilines is 1. The number of hydrogen-bond acceptors (Lipinski definition) is 5. The van der Waals surface area contributed by atoms with Crippen LogP contribution < -0.4 is 4.90 Å². The van der Waals surface area contributed by atoms with Crippen LogP contribution in [0.15, 0.2) is 35.3 Å². The number of benzene rings is 2. The van der Waals surface area contributed by atoms with Crippen LogP contribution in [0.3, 0.4) is 0 Å². The Morgan fingerprint density at radius 1 is 1.11 bits per heavy atom. The van der Waals surface area contributed by atoms with Crippen molar-refractivity contribution in [1.29, 1.82) is 0 Å². The first kappa shape index (κ1) is 23.2. The monoisotopic (exact) mass is 482 g/mol. The van der Waals surface area contributed by atoms with Gasteiger partial charge in [-0.3, -0.25) is 19.5 Å². The lowest BCUT2D eigenvalue weighted by Gasteiger charge is -2.44. The molecule has 1 saturated heterocycles. The number of Topliss-reactive ketones (excluding diaryl/α,β-unsaturated/α-hetero) is 1. The molecule has 0 bridgehead atoms. The van der Waals surface area contributed by atoms with Gasteiger partial charge in [0.2, 0.25) is 0 Å². The molecule has 0 atom stereocenters. The van der Waals surface area contributed by atoms with Gasteiger partial charge in [0.25, 0.3) is 0 Å². The number of aromatic amines is 1. The van der Waals surface area contributed by atoms with Crippen molar-refractivity contribution in [2.24, 2.45) is 4.99 Å². The van der Waals surface area contributed by atoms with Gasteiger partial charge in [0.05, 0.1) is 5.56 Å². The van der Waals surface area contributed by atoms with Crippen molar-refractivity contribution in [3.05, 3.63) is 63.8 Å². The number of fused-ring (bicyclic) bond motifs is 4. The van der Waals surface area contributed by atoms with Crippen LogP contribution in [0, 0.1) is 0 Å². The van der Waals surface area contributed by atoms with Crippen molar-refractivity contribution in [2.75, 3.05) is 38.1 Å². The number of aromatic nitrogens is 1. The van der Waals surface area contributed by atoms with E-state index < -0.39 is 5.41 Å². The molecular weight excluding hydrogens is 448 g/mol. The number of piperazine rings is 1. The standard InChI is InChI=1S/C30H34N4O2/c1-18(35)22-15-23-24(16-26(22)34-12-10-33(11-13-34)20-6-5-7-20)30(2,3)29-27(28(23)36)21-9-8-19(17-31-4)14-25(21)32-29/h8-9,14-17,20,32H,5-7,10-13H2,1-4H3/b31-17-. The van der Waals surface area contributed by atoms with Crippen LogP contribution in [0.5, 0.6) is 0 Å². The molecule has 6 nitrogen and oxygen atoms in total. The van der Waals surface area contributed by atoms with Crippen LogP contribution in [0.2, 0.25) is 0 Å². The summed E-state index contributed by atoms with van der Waals surface area (Å²) in [4.78, 5) is 39.4. The molecule has 186 valence electrons. The highest BCUT2D eigenvalue weighted by molar-refractivity contribution is 6.21. The third kappa shape index (κ3) is 3.46. The normalized spacial score (nSPS) is 20.0. The highest BCUT2D eigenvalue weighted by Gasteiger charge is 2.41. The molecule has 1 aliphatic heterocycles. The minimum absolute atomic E-state index is 0.00745. The van der Waals surface area contributed by atoms with Gasteiger partial charge in [-0.25, -0.2) is 0 Å². The highest BCUT2D eigenvalue weighted by atomic mass is 16.1. The number of H-pyrrole nitrogens is 1. The molecule has 0 spiro atoms. The average molecular weight is 483 g/mol. The van der Waals surface area contributed by atoms with Gasteiger partial charge in [0, 0.05) is 84.3 Å². The van der Waals surface area contributed by atoms with Gasteiger partial charge in [0.1, 0.15) is 0 Å². The maximum Gasteiger partial charge on any atom is 0.195 e. The summed E-state index contributed by atoms with van der Waals surface area (Å²) in [6.07, 6.45) is 5.79. The van der Waals surface area contributed by atoms with Crippen LogP contribution in [-0.4, -0.2) is 66.9 Å². The van der Waals surface area contributed by atoms with Gasteiger partial charge in [-0.1, -0.05) is 32.4 Å². The first-order chi connectivity index (χ1) is 17.3. The summed E-state index contributed by atoms with van der Waals surface area (Å²) in [7, 11) is 1.75. The van der Waals surface area contributed by atoms with Crippen LogP contribution in [0.25, 0.3) is 10.9 Å². The van der Waals surface area contributed by atoms with E-state index in [2.05, 4.69) is 39.7 Å². The van der Waals surface area contributed by atoms with Gasteiger partial charge in [0.15, 0.2) is 11.6 Å². The Morgan fingerprint density at radius 3 is 2.50 bits per heavy atom. The second-order valence-electron chi connectivity index (χ2n) is 11.1. The second-order valence-corrected chi connectivity index (χ2v) is 11.1. The van der Waals surface area contributed by atoms with Gasteiger partial charge < -0.3 is 9.88 Å².